The zero-order valence-corrected chi connectivity index (χ0v) is 13.0. The first-order chi connectivity index (χ1) is 8.70. The Labute approximate surface area is 124 Å². The van der Waals surface area contributed by atoms with Gasteiger partial charge in [0.25, 0.3) is 0 Å². The van der Waals surface area contributed by atoms with E-state index in [4.69, 9.17) is 16.0 Å². The Kier molecular flexibility index (Phi) is 5.18. The van der Waals surface area contributed by atoms with Crippen molar-refractivity contribution in [2.24, 2.45) is 0 Å². The van der Waals surface area contributed by atoms with Gasteiger partial charge in [-0.25, -0.2) is 0 Å². The molecule has 0 aliphatic heterocycles. The number of nitrogens with one attached hydrogen (secondary N) is 1. The van der Waals surface area contributed by atoms with Gasteiger partial charge in [0.15, 0.2) is 0 Å². The summed E-state index contributed by atoms with van der Waals surface area (Å²) in [5.41, 5.74) is 0. The van der Waals surface area contributed by atoms with Crippen LogP contribution in [-0.4, -0.2) is 12.8 Å². The Morgan fingerprint density at radius 1 is 1.33 bits per heavy atom. The molecular formula is C13H13BrClNOS. The molecule has 2 nitrogen and oxygen atoms in total. The van der Waals surface area contributed by atoms with Crippen molar-refractivity contribution in [1.29, 1.82) is 0 Å². The largest absolute Gasteiger partial charge is 0.466 e. The molecule has 0 fully saturated rings. The van der Waals surface area contributed by atoms with E-state index in [2.05, 4.69) is 21.2 Å². The van der Waals surface area contributed by atoms with E-state index in [0.29, 0.717) is 0 Å². The van der Waals surface area contributed by atoms with Crippen LogP contribution in [0, 0.1) is 0 Å². The van der Waals surface area contributed by atoms with Crippen LogP contribution >= 0.6 is 39.3 Å². The lowest BCUT2D eigenvalue weighted by Gasteiger charge is -2.13. The summed E-state index contributed by atoms with van der Waals surface area (Å²) in [6.07, 6.45) is 1.69. The van der Waals surface area contributed by atoms with Crippen LogP contribution in [0.5, 0.6) is 0 Å². The van der Waals surface area contributed by atoms with Gasteiger partial charge in [-0.3, -0.25) is 0 Å². The summed E-state index contributed by atoms with van der Waals surface area (Å²) in [6.45, 7) is 0. The number of halogens is 2. The lowest BCUT2D eigenvalue weighted by Crippen LogP contribution is -2.18. The highest BCUT2D eigenvalue weighted by atomic mass is 79.9. The average molecular weight is 347 g/mol. The first-order valence-electron chi connectivity index (χ1n) is 5.49. The van der Waals surface area contributed by atoms with Gasteiger partial charge in [0.1, 0.15) is 5.76 Å². The fourth-order valence-corrected chi connectivity index (χ4v) is 3.16. The van der Waals surface area contributed by atoms with Crippen molar-refractivity contribution in [3.8, 4) is 0 Å². The Morgan fingerprint density at radius 2 is 2.06 bits per heavy atom. The standard InChI is InChI=1S/C13H13BrClNOS/c1-16-12(13-11(14)6-7-17-13)8-18-10-4-2-9(15)3-5-10/h2-7,12,16H,8H2,1H3. The van der Waals surface area contributed by atoms with Crippen LogP contribution in [0.25, 0.3) is 0 Å². The zero-order chi connectivity index (χ0) is 13.0. The molecule has 0 saturated carbocycles. The third-order valence-corrected chi connectivity index (χ3v) is 4.55. The quantitative estimate of drug-likeness (QED) is 0.791. The SMILES string of the molecule is CNC(CSc1ccc(Cl)cc1)c1occc1Br. The van der Waals surface area contributed by atoms with Crippen molar-refractivity contribution >= 4 is 39.3 Å². The summed E-state index contributed by atoms with van der Waals surface area (Å²) in [7, 11) is 1.93. The third kappa shape index (κ3) is 3.54. The smallest absolute Gasteiger partial charge is 0.135 e. The van der Waals surface area contributed by atoms with E-state index in [-0.39, 0.29) is 6.04 Å². The average Bonchev–Trinajstić information content (AvgIpc) is 2.79. The first kappa shape index (κ1) is 14.0. The highest BCUT2D eigenvalue weighted by molar-refractivity contribution is 9.10. The summed E-state index contributed by atoms with van der Waals surface area (Å²) in [6, 6.07) is 9.94. The molecule has 0 aliphatic carbocycles. The minimum absolute atomic E-state index is 0.176. The Balaban J connectivity index is 2.00. The van der Waals surface area contributed by atoms with E-state index < -0.39 is 0 Å². The van der Waals surface area contributed by atoms with Crippen molar-refractivity contribution in [3.05, 3.63) is 51.9 Å². The number of thioether (sulfide) groups is 1. The number of rotatable bonds is 5. The normalized spacial score (nSPS) is 12.6. The number of benzene rings is 1. The van der Waals surface area contributed by atoms with Gasteiger partial charge in [0.2, 0.25) is 0 Å². The van der Waals surface area contributed by atoms with Crippen LogP contribution in [0.15, 0.2) is 50.4 Å². The molecule has 0 radical (unpaired) electrons. The highest BCUT2D eigenvalue weighted by Gasteiger charge is 2.16. The van der Waals surface area contributed by atoms with E-state index >= 15 is 0 Å². The van der Waals surface area contributed by atoms with Crippen LogP contribution < -0.4 is 5.32 Å². The minimum atomic E-state index is 0.176. The van der Waals surface area contributed by atoms with Crippen molar-refractivity contribution in [2.75, 3.05) is 12.8 Å². The van der Waals surface area contributed by atoms with Gasteiger partial charge < -0.3 is 9.73 Å². The predicted molar refractivity (Wildman–Crippen MR) is 80.4 cm³/mol. The van der Waals surface area contributed by atoms with Crippen molar-refractivity contribution in [3.63, 3.8) is 0 Å². The first-order valence-corrected chi connectivity index (χ1v) is 7.65. The molecule has 1 N–H and O–H groups in total. The van der Waals surface area contributed by atoms with Gasteiger partial charge >= 0.3 is 0 Å². The summed E-state index contributed by atoms with van der Waals surface area (Å²) >= 11 is 11.1. The predicted octanol–water partition coefficient (Wildman–Crippen LogP) is 4.75. The fourth-order valence-electron chi connectivity index (χ4n) is 1.55. The number of hydrogen-bond acceptors (Lipinski definition) is 3. The molecule has 2 rings (SSSR count). The Bertz CT molecular complexity index is 500. The molecule has 1 unspecified atom stereocenters. The fraction of sp³-hybridized carbons (Fsp3) is 0.231. The molecule has 0 amide bonds. The molecule has 1 atom stereocenters. The summed E-state index contributed by atoms with van der Waals surface area (Å²) < 4.78 is 6.48. The molecule has 5 heteroatoms. The Hall–Kier alpha value is -0.420. The van der Waals surface area contributed by atoms with Crippen LogP contribution in [0.3, 0.4) is 0 Å². The second-order valence-electron chi connectivity index (χ2n) is 3.74. The van der Waals surface area contributed by atoms with E-state index in [1.807, 2.05) is 37.4 Å². The van der Waals surface area contributed by atoms with E-state index in [1.165, 1.54) is 4.90 Å². The lowest BCUT2D eigenvalue weighted by atomic mass is 10.2. The molecule has 18 heavy (non-hydrogen) atoms. The van der Waals surface area contributed by atoms with Gasteiger partial charge in [-0.15, -0.1) is 11.8 Å². The molecule has 0 spiro atoms. The second-order valence-corrected chi connectivity index (χ2v) is 6.12. The minimum Gasteiger partial charge on any atom is -0.466 e. The maximum atomic E-state index is 5.86. The van der Waals surface area contributed by atoms with Gasteiger partial charge in [0, 0.05) is 15.7 Å². The molecular weight excluding hydrogens is 334 g/mol. The number of furan rings is 1. The molecule has 2 aromatic rings. The second kappa shape index (κ2) is 6.66. The molecule has 1 aromatic heterocycles. The van der Waals surface area contributed by atoms with Crippen LogP contribution in [0.1, 0.15) is 11.8 Å². The zero-order valence-electron chi connectivity index (χ0n) is 9.82. The van der Waals surface area contributed by atoms with Gasteiger partial charge in [-0.2, -0.15) is 0 Å². The molecule has 0 aliphatic rings. The van der Waals surface area contributed by atoms with Crippen LogP contribution in [0.4, 0.5) is 0 Å². The van der Waals surface area contributed by atoms with E-state index in [1.54, 1.807) is 18.0 Å². The highest BCUT2D eigenvalue weighted by Crippen LogP contribution is 2.30. The summed E-state index contributed by atoms with van der Waals surface area (Å²) in [5.74, 6) is 1.82. The third-order valence-electron chi connectivity index (χ3n) is 2.54. The monoisotopic (exact) mass is 345 g/mol. The molecule has 0 saturated heterocycles. The molecule has 0 bridgehead atoms. The van der Waals surface area contributed by atoms with E-state index in [0.717, 1.165) is 21.0 Å². The summed E-state index contributed by atoms with van der Waals surface area (Å²) in [5, 5.41) is 4.02. The van der Waals surface area contributed by atoms with Crippen molar-refractivity contribution in [2.45, 2.75) is 10.9 Å². The summed E-state index contributed by atoms with van der Waals surface area (Å²) in [4.78, 5) is 1.20. The maximum absolute atomic E-state index is 5.86. The van der Waals surface area contributed by atoms with Gasteiger partial charge in [-0.1, -0.05) is 11.6 Å². The van der Waals surface area contributed by atoms with Crippen LogP contribution in [-0.2, 0) is 0 Å². The van der Waals surface area contributed by atoms with Crippen molar-refractivity contribution in [1.82, 2.24) is 5.32 Å². The molecule has 1 heterocycles. The van der Waals surface area contributed by atoms with Crippen molar-refractivity contribution < 1.29 is 4.42 Å². The van der Waals surface area contributed by atoms with Crippen LogP contribution in [0.2, 0.25) is 5.02 Å². The number of hydrogen-bond donors (Lipinski definition) is 1. The lowest BCUT2D eigenvalue weighted by molar-refractivity contribution is 0.450. The topological polar surface area (TPSA) is 25.2 Å². The Morgan fingerprint density at radius 3 is 2.61 bits per heavy atom. The molecule has 96 valence electrons. The van der Waals surface area contributed by atoms with E-state index in [9.17, 15) is 0 Å². The molecule has 1 aromatic carbocycles. The maximum Gasteiger partial charge on any atom is 0.135 e. The van der Waals surface area contributed by atoms with Gasteiger partial charge in [0.05, 0.1) is 16.8 Å². The van der Waals surface area contributed by atoms with Gasteiger partial charge in [-0.05, 0) is 53.3 Å².